The average Bonchev–Trinajstić information content (AvgIpc) is 3.31. The first-order chi connectivity index (χ1) is 14.9. The zero-order valence-corrected chi connectivity index (χ0v) is 21.2. The van der Waals surface area contributed by atoms with Crippen molar-refractivity contribution >= 4 is 11.9 Å². The lowest BCUT2D eigenvalue weighted by atomic mass is 9.71. The van der Waals surface area contributed by atoms with Crippen LogP contribution in [0.5, 0.6) is 0 Å². The molecule has 10 atom stereocenters. The van der Waals surface area contributed by atoms with Gasteiger partial charge in [-0.1, -0.05) is 27.7 Å². The van der Waals surface area contributed by atoms with E-state index in [4.69, 9.17) is 14.2 Å². The van der Waals surface area contributed by atoms with Crippen molar-refractivity contribution in [3.05, 3.63) is 0 Å². The van der Waals surface area contributed by atoms with Gasteiger partial charge in [-0.25, -0.2) is 0 Å². The normalized spacial score (nSPS) is 41.8. The molecule has 182 valence electrons. The molecular weight excluding hydrogens is 404 g/mol. The Balaban J connectivity index is 1.41. The van der Waals surface area contributed by atoms with Crippen molar-refractivity contribution < 1.29 is 23.8 Å². The minimum atomic E-state index is -0.469. The van der Waals surface area contributed by atoms with Gasteiger partial charge in [-0.15, -0.1) is 0 Å². The van der Waals surface area contributed by atoms with E-state index < -0.39 is 6.29 Å². The maximum absolute atomic E-state index is 12.9. The lowest BCUT2D eigenvalue weighted by Crippen LogP contribution is -2.41. The summed E-state index contributed by atoms with van der Waals surface area (Å²) in [5.74, 6) is 3.37. The second kappa shape index (κ2) is 8.60. The zero-order valence-electron chi connectivity index (χ0n) is 21.2. The molecular formula is C27H44O5. The first-order valence-electron chi connectivity index (χ1n) is 13.0. The summed E-state index contributed by atoms with van der Waals surface area (Å²) in [5, 5.41) is 0. The number of rotatable bonds is 7. The average molecular weight is 449 g/mol. The molecule has 0 heterocycles. The molecule has 0 amide bonds. The Morgan fingerprint density at radius 2 is 1.66 bits per heavy atom. The molecule has 4 rings (SSSR count). The number of hydrogen-bond acceptors (Lipinski definition) is 5. The predicted molar refractivity (Wildman–Crippen MR) is 122 cm³/mol. The van der Waals surface area contributed by atoms with E-state index in [1.165, 1.54) is 12.8 Å². The number of esters is 2. The quantitative estimate of drug-likeness (QED) is 0.288. The molecule has 0 aliphatic heterocycles. The fraction of sp³-hybridized carbons (Fsp3) is 0.926. The second-order valence-electron chi connectivity index (χ2n) is 12.8. The Bertz CT molecular complexity index is 726. The molecule has 0 N–H and O–H groups in total. The van der Waals surface area contributed by atoms with E-state index in [9.17, 15) is 9.59 Å². The summed E-state index contributed by atoms with van der Waals surface area (Å²) in [6, 6.07) is 0. The molecule has 0 aromatic rings. The first kappa shape index (κ1) is 24.0. The molecule has 4 bridgehead atoms. The van der Waals surface area contributed by atoms with Gasteiger partial charge in [0.15, 0.2) is 6.29 Å². The summed E-state index contributed by atoms with van der Waals surface area (Å²) in [6.07, 6.45) is 5.68. The number of hydrogen-bond donors (Lipinski definition) is 0. The Labute approximate surface area is 194 Å². The Morgan fingerprint density at radius 1 is 1.00 bits per heavy atom. The van der Waals surface area contributed by atoms with Crippen LogP contribution in [0.15, 0.2) is 0 Å². The fourth-order valence-corrected chi connectivity index (χ4v) is 8.37. The summed E-state index contributed by atoms with van der Waals surface area (Å²) in [4.78, 5) is 25.8. The van der Waals surface area contributed by atoms with E-state index in [0.717, 1.165) is 25.7 Å². The van der Waals surface area contributed by atoms with Crippen molar-refractivity contribution in [2.75, 3.05) is 6.61 Å². The van der Waals surface area contributed by atoms with Crippen LogP contribution in [-0.4, -0.2) is 30.4 Å². The number of ether oxygens (including phenoxy) is 3. The van der Waals surface area contributed by atoms with Gasteiger partial charge in [-0.2, -0.15) is 0 Å². The molecule has 4 aliphatic rings. The fourth-order valence-electron chi connectivity index (χ4n) is 8.37. The van der Waals surface area contributed by atoms with Crippen LogP contribution in [0, 0.1) is 52.8 Å². The highest BCUT2D eigenvalue weighted by Crippen LogP contribution is 2.69. The van der Waals surface area contributed by atoms with Gasteiger partial charge < -0.3 is 14.2 Å². The lowest BCUT2D eigenvalue weighted by Gasteiger charge is -2.39. The van der Waals surface area contributed by atoms with Gasteiger partial charge in [0.25, 0.3) is 0 Å². The van der Waals surface area contributed by atoms with Gasteiger partial charge >= 0.3 is 11.9 Å². The third-order valence-corrected chi connectivity index (χ3v) is 8.87. The molecule has 0 aromatic carbocycles. The summed E-state index contributed by atoms with van der Waals surface area (Å²) < 4.78 is 17.3. The maximum atomic E-state index is 12.9. The molecule has 4 aliphatic carbocycles. The van der Waals surface area contributed by atoms with Crippen LogP contribution in [0.25, 0.3) is 0 Å². The standard InChI is InChI=1S/C27H44O5/c1-8-30-16(3)31-25(29)21-11-17-10-20(21)23-19-9-18(22(17)23)13-27(7,14-19)32-24(28)15(2)12-26(4,5)6/h15-23H,8-14H2,1-7H3. The molecule has 4 fully saturated rings. The van der Waals surface area contributed by atoms with Crippen LogP contribution >= 0.6 is 0 Å². The summed E-state index contributed by atoms with van der Waals surface area (Å²) in [7, 11) is 0. The molecule has 10 unspecified atom stereocenters. The Morgan fingerprint density at radius 3 is 2.28 bits per heavy atom. The number of carbonyl (C=O) groups is 2. The van der Waals surface area contributed by atoms with Crippen LogP contribution < -0.4 is 0 Å². The molecule has 0 radical (unpaired) electrons. The highest BCUT2D eigenvalue weighted by atomic mass is 16.7. The smallest absolute Gasteiger partial charge is 0.311 e. The van der Waals surface area contributed by atoms with Crippen LogP contribution in [0.4, 0.5) is 0 Å². The van der Waals surface area contributed by atoms with Crippen LogP contribution in [0.2, 0.25) is 0 Å². The van der Waals surface area contributed by atoms with Crippen LogP contribution in [-0.2, 0) is 23.8 Å². The van der Waals surface area contributed by atoms with Crippen LogP contribution in [0.3, 0.4) is 0 Å². The van der Waals surface area contributed by atoms with Crippen molar-refractivity contribution in [1.82, 2.24) is 0 Å². The number of fused-ring (bicyclic) bond motifs is 9. The van der Waals surface area contributed by atoms with Crippen molar-refractivity contribution in [3.8, 4) is 0 Å². The highest BCUT2D eigenvalue weighted by molar-refractivity contribution is 5.74. The molecule has 0 saturated heterocycles. The molecule has 0 aromatic heterocycles. The van der Waals surface area contributed by atoms with E-state index >= 15 is 0 Å². The zero-order chi connectivity index (χ0) is 23.4. The van der Waals surface area contributed by atoms with Gasteiger partial charge in [0.1, 0.15) is 5.60 Å². The summed E-state index contributed by atoms with van der Waals surface area (Å²) in [5.41, 5.74) is -0.246. The molecule has 5 heteroatoms. The van der Waals surface area contributed by atoms with Gasteiger partial charge in [0.05, 0.1) is 11.8 Å². The van der Waals surface area contributed by atoms with E-state index in [-0.39, 0.29) is 34.8 Å². The van der Waals surface area contributed by atoms with Gasteiger partial charge in [0, 0.05) is 6.61 Å². The number of carbonyl (C=O) groups excluding carboxylic acids is 2. The largest absolute Gasteiger partial charge is 0.459 e. The topological polar surface area (TPSA) is 61.8 Å². The van der Waals surface area contributed by atoms with E-state index in [2.05, 4.69) is 27.7 Å². The Kier molecular flexibility index (Phi) is 6.46. The molecule has 32 heavy (non-hydrogen) atoms. The van der Waals surface area contributed by atoms with Gasteiger partial charge in [-0.3, -0.25) is 9.59 Å². The summed E-state index contributed by atoms with van der Waals surface area (Å²) >= 11 is 0. The maximum Gasteiger partial charge on any atom is 0.311 e. The predicted octanol–water partition coefficient (Wildman–Crippen LogP) is 5.60. The van der Waals surface area contributed by atoms with Gasteiger partial charge in [-0.05, 0) is 100 Å². The first-order valence-corrected chi connectivity index (χ1v) is 13.0. The van der Waals surface area contributed by atoms with Crippen molar-refractivity contribution in [3.63, 3.8) is 0 Å². The molecule has 0 spiro atoms. The van der Waals surface area contributed by atoms with Crippen molar-refractivity contribution in [2.24, 2.45) is 52.8 Å². The lowest BCUT2D eigenvalue weighted by molar-refractivity contribution is -0.181. The SMILES string of the molecule is CCOC(C)OC(=O)C1CC2CC1C1C3CC(CC(C)(OC(=O)C(C)CC(C)(C)C)C3)C21. The van der Waals surface area contributed by atoms with E-state index in [1.807, 2.05) is 13.8 Å². The van der Waals surface area contributed by atoms with Gasteiger partial charge in [0.2, 0.25) is 0 Å². The van der Waals surface area contributed by atoms with Crippen molar-refractivity contribution in [1.29, 1.82) is 0 Å². The monoisotopic (exact) mass is 448 g/mol. The minimum Gasteiger partial charge on any atom is -0.459 e. The van der Waals surface area contributed by atoms with Crippen LogP contribution in [0.1, 0.15) is 87.0 Å². The third kappa shape index (κ3) is 4.60. The summed E-state index contributed by atoms with van der Waals surface area (Å²) in [6.45, 7) is 15.0. The Hall–Kier alpha value is -1.10. The van der Waals surface area contributed by atoms with E-state index in [0.29, 0.717) is 42.1 Å². The second-order valence-corrected chi connectivity index (χ2v) is 12.8. The minimum absolute atomic E-state index is 0.0177. The third-order valence-electron chi connectivity index (χ3n) is 8.87. The molecule has 5 nitrogen and oxygen atoms in total. The van der Waals surface area contributed by atoms with Crippen molar-refractivity contribution in [2.45, 2.75) is 98.9 Å². The highest BCUT2D eigenvalue weighted by Gasteiger charge is 2.65. The van der Waals surface area contributed by atoms with E-state index in [1.54, 1.807) is 6.92 Å². The molecule has 4 saturated carbocycles.